The molecule has 2 rings (SSSR count). The lowest BCUT2D eigenvalue weighted by Crippen LogP contribution is -2.09. The quantitative estimate of drug-likeness (QED) is 0.869. The van der Waals surface area contributed by atoms with Gasteiger partial charge in [0.25, 0.3) is 0 Å². The second kappa shape index (κ2) is 7.32. The minimum absolute atomic E-state index is 0.0229. The Kier molecular flexibility index (Phi) is 5.45. The molecule has 0 heterocycles. The van der Waals surface area contributed by atoms with Crippen molar-refractivity contribution in [2.24, 2.45) is 0 Å². The van der Waals surface area contributed by atoms with Crippen molar-refractivity contribution in [2.45, 2.75) is 19.3 Å². The molecule has 1 N–H and O–H groups in total. The summed E-state index contributed by atoms with van der Waals surface area (Å²) in [5.74, 6) is 0.853. The summed E-state index contributed by atoms with van der Waals surface area (Å²) in [5.41, 5.74) is 2.07. The van der Waals surface area contributed by atoms with E-state index in [4.69, 9.17) is 16.3 Å². The van der Waals surface area contributed by atoms with E-state index in [0.29, 0.717) is 18.1 Å². The van der Waals surface area contributed by atoms with E-state index in [-0.39, 0.29) is 12.5 Å². The molecule has 0 aliphatic heterocycles. The Hall–Kier alpha value is -1.51. The number of para-hydroxylation sites is 1. The van der Waals surface area contributed by atoms with Crippen LogP contribution >= 0.6 is 11.6 Å². The number of hydrogen-bond acceptors (Lipinski definition) is 2. The fourth-order valence-electron chi connectivity index (χ4n) is 2.31. The lowest BCUT2D eigenvalue weighted by Gasteiger charge is -2.18. The van der Waals surface area contributed by atoms with E-state index >= 15 is 0 Å². The van der Waals surface area contributed by atoms with E-state index in [1.54, 1.807) is 0 Å². The average Bonchev–Trinajstić information content (AvgIpc) is 2.47. The second-order valence-electron chi connectivity index (χ2n) is 4.65. The van der Waals surface area contributed by atoms with Crippen LogP contribution in [0.5, 0.6) is 5.75 Å². The van der Waals surface area contributed by atoms with Gasteiger partial charge in [-0.1, -0.05) is 48.0 Å². The predicted octanol–water partition coefficient (Wildman–Crippen LogP) is 4.06. The van der Waals surface area contributed by atoms with E-state index in [1.807, 2.05) is 55.5 Å². The van der Waals surface area contributed by atoms with Crippen molar-refractivity contribution in [1.82, 2.24) is 0 Å². The number of rotatable bonds is 6. The summed E-state index contributed by atoms with van der Waals surface area (Å²) >= 11 is 6.22. The van der Waals surface area contributed by atoms with Crippen LogP contribution in [0.25, 0.3) is 0 Å². The molecule has 0 spiro atoms. The Bertz CT molecular complexity index is 554. The molecule has 0 saturated heterocycles. The summed E-state index contributed by atoms with van der Waals surface area (Å²) in [6, 6.07) is 15.6. The molecule has 0 aliphatic carbocycles. The largest absolute Gasteiger partial charge is 0.494 e. The number of benzene rings is 2. The van der Waals surface area contributed by atoms with Gasteiger partial charge in [0.2, 0.25) is 0 Å². The van der Waals surface area contributed by atoms with Crippen molar-refractivity contribution in [2.75, 3.05) is 13.2 Å². The highest BCUT2D eigenvalue weighted by molar-refractivity contribution is 6.31. The highest BCUT2D eigenvalue weighted by Crippen LogP contribution is 2.30. The Morgan fingerprint density at radius 3 is 2.50 bits per heavy atom. The van der Waals surface area contributed by atoms with Crippen LogP contribution in [-0.4, -0.2) is 18.3 Å². The number of aliphatic hydroxyl groups excluding tert-OH is 1. The van der Waals surface area contributed by atoms with Crippen LogP contribution in [0.4, 0.5) is 0 Å². The minimum Gasteiger partial charge on any atom is -0.494 e. The van der Waals surface area contributed by atoms with E-state index in [1.165, 1.54) is 0 Å². The molecule has 0 radical (unpaired) electrons. The van der Waals surface area contributed by atoms with Crippen LogP contribution in [0.15, 0.2) is 48.5 Å². The standard InChI is InChI=1S/C17H19ClO2/c1-2-20-17-10-6-3-7-13(17)11-14(12-19)15-8-4-5-9-16(15)18/h3-10,14,19H,2,11-12H2,1H3. The lowest BCUT2D eigenvalue weighted by molar-refractivity contribution is 0.262. The molecule has 1 unspecified atom stereocenters. The lowest BCUT2D eigenvalue weighted by atomic mass is 9.92. The number of aliphatic hydroxyl groups is 1. The molecule has 2 nitrogen and oxygen atoms in total. The van der Waals surface area contributed by atoms with E-state index < -0.39 is 0 Å². The highest BCUT2D eigenvalue weighted by atomic mass is 35.5. The Balaban J connectivity index is 2.25. The predicted molar refractivity (Wildman–Crippen MR) is 82.6 cm³/mol. The van der Waals surface area contributed by atoms with Crippen molar-refractivity contribution in [3.05, 3.63) is 64.7 Å². The smallest absolute Gasteiger partial charge is 0.122 e. The van der Waals surface area contributed by atoms with Gasteiger partial charge in [-0.25, -0.2) is 0 Å². The van der Waals surface area contributed by atoms with Crippen molar-refractivity contribution in [1.29, 1.82) is 0 Å². The first-order valence-electron chi connectivity index (χ1n) is 6.82. The molecule has 20 heavy (non-hydrogen) atoms. The van der Waals surface area contributed by atoms with Crippen LogP contribution in [-0.2, 0) is 6.42 Å². The molecule has 0 bridgehead atoms. The molecule has 0 saturated carbocycles. The van der Waals surface area contributed by atoms with E-state index in [9.17, 15) is 5.11 Å². The van der Waals surface area contributed by atoms with Gasteiger partial charge in [-0.15, -0.1) is 0 Å². The first-order valence-corrected chi connectivity index (χ1v) is 7.20. The van der Waals surface area contributed by atoms with Gasteiger partial charge < -0.3 is 9.84 Å². The van der Waals surface area contributed by atoms with Gasteiger partial charge in [0.15, 0.2) is 0 Å². The summed E-state index contributed by atoms with van der Waals surface area (Å²) in [6.45, 7) is 2.66. The summed E-state index contributed by atoms with van der Waals surface area (Å²) in [5, 5.41) is 10.4. The maximum absolute atomic E-state index is 9.69. The first-order chi connectivity index (χ1) is 9.76. The fourth-order valence-corrected chi connectivity index (χ4v) is 2.60. The molecule has 0 amide bonds. The van der Waals surface area contributed by atoms with E-state index in [2.05, 4.69) is 0 Å². The van der Waals surface area contributed by atoms with Gasteiger partial charge >= 0.3 is 0 Å². The summed E-state index contributed by atoms with van der Waals surface area (Å²) in [6.07, 6.45) is 0.705. The van der Waals surface area contributed by atoms with Crippen molar-refractivity contribution in [3.8, 4) is 5.75 Å². The molecule has 0 aliphatic rings. The van der Waals surface area contributed by atoms with Crippen molar-refractivity contribution < 1.29 is 9.84 Å². The average molecular weight is 291 g/mol. The molecular formula is C17H19ClO2. The Morgan fingerprint density at radius 2 is 1.80 bits per heavy atom. The summed E-state index contributed by atoms with van der Waals surface area (Å²) in [4.78, 5) is 0. The molecule has 0 fully saturated rings. The third-order valence-corrected chi connectivity index (χ3v) is 3.65. The Labute approximate surface area is 125 Å². The number of halogens is 1. The zero-order valence-corrected chi connectivity index (χ0v) is 12.3. The third kappa shape index (κ3) is 3.53. The van der Waals surface area contributed by atoms with Gasteiger partial charge in [-0.2, -0.15) is 0 Å². The van der Waals surface area contributed by atoms with Crippen LogP contribution in [0.3, 0.4) is 0 Å². The van der Waals surface area contributed by atoms with Gasteiger partial charge in [-0.05, 0) is 36.6 Å². The number of ether oxygens (including phenoxy) is 1. The molecular weight excluding hydrogens is 272 g/mol. The Morgan fingerprint density at radius 1 is 1.10 bits per heavy atom. The second-order valence-corrected chi connectivity index (χ2v) is 5.05. The third-order valence-electron chi connectivity index (χ3n) is 3.30. The van der Waals surface area contributed by atoms with Gasteiger partial charge in [0.05, 0.1) is 13.2 Å². The van der Waals surface area contributed by atoms with Crippen molar-refractivity contribution in [3.63, 3.8) is 0 Å². The van der Waals surface area contributed by atoms with Gasteiger partial charge in [-0.3, -0.25) is 0 Å². The highest BCUT2D eigenvalue weighted by Gasteiger charge is 2.16. The normalized spacial score (nSPS) is 12.2. The zero-order chi connectivity index (χ0) is 14.4. The molecule has 2 aromatic rings. The van der Waals surface area contributed by atoms with Crippen LogP contribution in [0, 0.1) is 0 Å². The molecule has 2 aromatic carbocycles. The van der Waals surface area contributed by atoms with Gasteiger partial charge in [0.1, 0.15) is 5.75 Å². The monoisotopic (exact) mass is 290 g/mol. The maximum atomic E-state index is 9.69. The van der Waals surface area contributed by atoms with Crippen molar-refractivity contribution >= 4 is 11.6 Å². The van der Waals surface area contributed by atoms with E-state index in [0.717, 1.165) is 16.9 Å². The summed E-state index contributed by atoms with van der Waals surface area (Å²) < 4.78 is 5.63. The SMILES string of the molecule is CCOc1ccccc1CC(CO)c1ccccc1Cl. The number of hydrogen-bond donors (Lipinski definition) is 1. The summed E-state index contributed by atoms with van der Waals surface area (Å²) in [7, 11) is 0. The van der Waals surface area contributed by atoms with Gasteiger partial charge in [0, 0.05) is 10.9 Å². The zero-order valence-electron chi connectivity index (χ0n) is 11.6. The topological polar surface area (TPSA) is 29.5 Å². The van der Waals surface area contributed by atoms with Crippen LogP contribution in [0.1, 0.15) is 24.0 Å². The van der Waals surface area contributed by atoms with Crippen LogP contribution in [0.2, 0.25) is 5.02 Å². The maximum Gasteiger partial charge on any atom is 0.122 e. The first kappa shape index (κ1) is 14.9. The fraction of sp³-hybridized carbons (Fsp3) is 0.294. The molecule has 106 valence electrons. The minimum atomic E-state index is -0.0229. The van der Waals surface area contributed by atoms with Crippen LogP contribution < -0.4 is 4.74 Å². The molecule has 1 atom stereocenters. The molecule has 3 heteroatoms. The molecule has 0 aromatic heterocycles.